The van der Waals surface area contributed by atoms with E-state index < -0.39 is 18.2 Å². The van der Waals surface area contributed by atoms with E-state index in [1.807, 2.05) is 6.07 Å². The van der Waals surface area contributed by atoms with Crippen molar-refractivity contribution in [1.29, 1.82) is 0 Å². The van der Waals surface area contributed by atoms with Crippen LogP contribution in [0.2, 0.25) is 0 Å². The Morgan fingerprint density at radius 1 is 1.47 bits per heavy atom. The van der Waals surface area contributed by atoms with Crippen LogP contribution in [-0.2, 0) is 9.53 Å². The topological polar surface area (TPSA) is 66.8 Å². The molecule has 2 unspecified atom stereocenters. The molecule has 2 atom stereocenters. The maximum Gasteiger partial charge on any atom is 0.308 e. The Hall–Kier alpha value is -0.910. The zero-order chi connectivity index (χ0) is 12.8. The third kappa shape index (κ3) is 4.46. The van der Waals surface area contributed by atoms with E-state index in [2.05, 4.69) is 15.9 Å². The summed E-state index contributed by atoms with van der Waals surface area (Å²) in [7, 11) is 0. The molecule has 94 valence electrons. The lowest BCUT2D eigenvalue weighted by Gasteiger charge is -2.17. The number of aliphatic hydroxyl groups excluding tert-OH is 2. The summed E-state index contributed by atoms with van der Waals surface area (Å²) in [5.41, 5.74) is 0.552. The number of carbonyl (C=O) groups excluding carboxylic acids is 1. The van der Waals surface area contributed by atoms with Crippen LogP contribution >= 0.6 is 15.9 Å². The predicted molar refractivity (Wildman–Crippen MR) is 66.4 cm³/mol. The molecule has 0 heterocycles. The van der Waals surface area contributed by atoms with Crippen LogP contribution in [0.25, 0.3) is 0 Å². The highest BCUT2D eigenvalue weighted by molar-refractivity contribution is 9.10. The molecule has 0 spiro atoms. The van der Waals surface area contributed by atoms with Gasteiger partial charge in [0.15, 0.2) is 0 Å². The van der Waals surface area contributed by atoms with E-state index in [-0.39, 0.29) is 13.0 Å². The van der Waals surface area contributed by atoms with Crippen LogP contribution in [0.5, 0.6) is 0 Å². The summed E-state index contributed by atoms with van der Waals surface area (Å²) >= 11 is 3.27. The lowest BCUT2D eigenvalue weighted by Crippen LogP contribution is -2.23. The molecule has 0 amide bonds. The van der Waals surface area contributed by atoms with Crippen LogP contribution in [0.4, 0.5) is 0 Å². The summed E-state index contributed by atoms with van der Waals surface area (Å²) in [6.07, 6.45) is -2.48. The average Bonchev–Trinajstić information content (AvgIpc) is 2.28. The molecule has 1 rings (SSSR count). The first-order valence-corrected chi connectivity index (χ1v) is 6.11. The number of carbonyl (C=O) groups is 1. The summed E-state index contributed by atoms with van der Waals surface area (Å²) in [6.45, 7) is 1.95. The molecule has 1 aromatic rings. The fourth-order valence-corrected chi connectivity index (χ4v) is 1.83. The summed E-state index contributed by atoms with van der Waals surface area (Å²) in [5, 5.41) is 19.5. The van der Waals surface area contributed by atoms with Crippen LogP contribution in [0.3, 0.4) is 0 Å². The highest BCUT2D eigenvalue weighted by Gasteiger charge is 2.22. The lowest BCUT2D eigenvalue weighted by atomic mass is 10.0. The van der Waals surface area contributed by atoms with E-state index >= 15 is 0 Å². The average molecular weight is 303 g/mol. The van der Waals surface area contributed by atoms with Crippen molar-refractivity contribution in [2.45, 2.75) is 25.6 Å². The van der Waals surface area contributed by atoms with E-state index in [1.54, 1.807) is 25.1 Å². The largest absolute Gasteiger partial charge is 0.466 e. The molecule has 0 aliphatic rings. The molecule has 0 aliphatic carbocycles. The molecule has 4 nitrogen and oxygen atoms in total. The fourth-order valence-electron chi connectivity index (χ4n) is 1.42. The number of rotatable bonds is 5. The van der Waals surface area contributed by atoms with Crippen molar-refractivity contribution >= 4 is 21.9 Å². The molecule has 0 radical (unpaired) electrons. The molecule has 0 aliphatic heterocycles. The quantitative estimate of drug-likeness (QED) is 0.814. The zero-order valence-electron chi connectivity index (χ0n) is 9.47. The van der Waals surface area contributed by atoms with Gasteiger partial charge in [0.2, 0.25) is 0 Å². The predicted octanol–water partition coefficient (Wildman–Crippen LogP) is 1.80. The van der Waals surface area contributed by atoms with Crippen LogP contribution in [0.15, 0.2) is 28.7 Å². The summed E-state index contributed by atoms with van der Waals surface area (Å²) in [5.74, 6) is -0.519. The first-order valence-electron chi connectivity index (χ1n) is 5.31. The van der Waals surface area contributed by atoms with Crippen LogP contribution in [-0.4, -0.2) is 28.9 Å². The second-order valence-corrected chi connectivity index (χ2v) is 4.49. The van der Waals surface area contributed by atoms with Gasteiger partial charge >= 0.3 is 5.97 Å². The van der Waals surface area contributed by atoms with Gasteiger partial charge < -0.3 is 14.9 Å². The molecule has 17 heavy (non-hydrogen) atoms. The van der Waals surface area contributed by atoms with Crippen molar-refractivity contribution in [3.05, 3.63) is 34.3 Å². The van der Waals surface area contributed by atoms with Crippen LogP contribution in [0.1, 0.15) is 25.0 Å². The fraction of sp³-hybridized carbons (Fsp3) is 0.417. The first kappa shape index (κ1) is 14.2. The molecule has 0 aromatic heterocycles. The molecule has 0 bridgehead atoms. The molecule has 0 fully saturated rings. The minimum atomic E-state index is -1.16. The van der Waals surface area contributed by atoms with Gasteiger partial charge in [-0.3, -0.25) is 4.79 Å². The Morgan fingerprint density at radius 3 is 2.76 bits per heavy atom. The highest BCUT2D eigenvalue weighted by Crippen LogP contribution is 2.22. The van der Waals surface area contributed by atoms with Crippen molar-refractivity contribution in [3.8, 4) is 0 Å². The van der Waals surface area contributed by atoms with E-state index in [9.17, 15) is 15.0 Å². The molecule has 2 N–H and O–H groups in total. The highest BCUT2D eigenvalue weighted by atomic mass is 79.9. The van der Waals surface area contributed by atoms with Gasteiger partial charge in [0, 0.05) is 4.47 Å². The third-order valence-electron chi connectivity index (χ3n) is 2.24. The van der Waals surface area contributed by atoms with Gasteiger partial charge in [-0.2, -0.15) is 0 Å². The Labute approximate surface area is 108 Å². The smallest absolute Gasteiger partial charge is 0.308 e. The van der Waals surface area contributed by atoms with Crippen molar-refractivity contribution in [3.63, 3.8) is 0 Å². The van der Waals surface area contributed by atoms with Crippen molar-refractivity contribution in [2.75, 3.05) is 6.61 Å². The Bertz CT molecular complexity index is 381. The standard InChI is InChI=1S/C12H15BrO4/c1-2-17-11(15)7-10(14)12(16)8-4-3-5-9(13)6-8/h3-6,10,12,14,16H,2,7H2,1H3. The normalized spacial score (nSPS) is 14.1. The van der Waals surface area contributed by atoms with E-state index in [1.165, 1.54) is 0 Å². The number of halogens is 1. The SMILES string of the molecule is CCOC(=O)CC(O)C(O)c1cccc(Br)c1. The lowest BCUT2D eigenvalue weighted by molar-refractivity contribution is -0.147. The summed E-state index contributed by atoms with van der Waals surface area (Å²) < 4.78 is 5.51. The Morgan fingerprint density at radius 2 is 2.18 bits per heavy atom. The monoisotopic (exact) mass is 302 g/mol. The van der Waals surface area contributed by atoms with Crippen molar-refractivity contribution in [1.82, 2.24) is 0 Å². The molecule has 0 saturated carbocycles. The summed E-state index contributed by atoms with van der Waals surface area (Å²) in [4.78, 5) is 11.2. The second kappa shape index (κ2) is 6.74. The first-order chi connectivity index (χ1) is 8.04. The van der Waals surface area contributed by atoms with Crippen LogP contribution in [0, 0.1) is 0 Å². The molecule has 0 saturated heterocycles. The number of aliphatic hydroxyl groups is 2. The molecule has 5 heteroatoms. The van der Waals surface area contributed by atoms with Crippen molar-refractivity contribution in [2.24, 2.45) is 0 Å². The van der Waals surface area contributed by atoms with Gasteiger partial charge in [0.05, 0.1) is 19.1 Å². The van der Waals surface area contributed by atoms with Crippen LogP contribution < -0.4 is 0 Å². The maximum atomic E-state index is 11.2. The van der Waals surface area contributed by atoms with Gasteiger partial charge in [-0.05, 0) is 24.6 Å². The number of ether oxygens (including phenoxy) is 1. The van der Waals surface area contributed by atoms with Gasteiger partial charge in [-0.1, -0.05) is 28.1 Å². The Balaban J connectivity index is 2.63. The molecular formula is C12H15BrO4. The molecule has 1 aromatic carbocycles. The minimum absolute atomic E-state index is 0.221. The summed E-state index contributed by atoms with van der Waals surface area (Å²) in [6, 6.07) is 6.94. The van der Waals surface area contributed by atoms with Crippen molar-refractivity contribution < 1.29 is 19.7 Å². The third-order valence-corrected chi connectivity index (χ3v) is 2.73. The number of benzene rings is 1. The number of hydrogen-bond donors (Lipinski definition) is 2. The second-order valence-electron chi connectivity index (χ2n) is 3.58. The Kier molecular flexibility index (Phi) is 5.61. The number of esters is 1. The number of hydrogen-bond acceptors (Lipinski definition) is 4. The molecular weight excluding hydrogens is 288 g/mol. The van der Waals surface area contributed by atoms with Gasteiger partial charge in [0.25, 0.3) is 0 Å². The van der Waals surface area contributed by atoms with Gasteiger partial charge in [0.1, 0.15) is 6.10 Å². The zero-order valence-corrected chi connectivity index (χ0v) is 11.1. The van der Waals surface area contributed by atoms with E-state index in [4.69, 9.17) is 4.74 Å². The van der Waals surface area contributed by atoms with E-state index in [0.29, 0.717) is 5.56 Å². The van der Waals surface area contributed by atoms with Gasteiger partial charge in [-0.25, -0.2) is 0 Å². The maximum absolute atomic E-state index is 11.2. The van der Waals surface area contributed by atoms with Gasteiger partial charge in [-0.15, -0.1) is 0 Å². The minimum Gasteiger partial charge on any atom is -0.466 e. The van der Waals surface area contributed by atoms with E-state index in [0.717, 1.165) is 4.47 Å².